The predicted octanol–water partition coefficient (Wildman–Crippen LogP) is 0.986. The van der Waals surface area contributed by atoms with Crippen LogP contribution in [0.4, 0.5) is 8.78 Å². The van der Waals surface area contributed by atoms with E-state index in [1.807, 2.05) is 0 Å². The molecule has 94 valence electrons. The first-order valence-electron chi connectivity index (χ1n) is 5.04. The van der Waals surface area contributed by atoms with Gasteiger partial charge in [-0.2, -0.15) is 4.31 Å². The summed E-state index contributed by atoms with van der Waals surface area (Å²) in [6, 6.07) is 2.26. The first-order chi connectivity index (χ1) is 8.00. The number of benzene rings is 1. The van der Waals surface area contributed by atoms with Gasteiger partial charge in [-0.05, 0) is 12.1 Å². The van der Waals surface area contributed by atoms with Gasteiger partial charge in [0.25, 0.3) is 0 Å². The first-order valence-corrected chi connectivity index (χ1v) is 6.48. The Morgan fingerprint density at radius 1 is 1.06 bits per heavy atom. The summed E-state index contributed by atoms with van der Waals surface area (Å²) in [4.78, 5) is -0.364. The van der Waals surface area contributed by atoms with Gasteiger partial charge in [-0.15, -0.1) is 0 Å². The van der Waals surface area contributed by atoms with Crippen molar-refractivity contribution in [1.82, 2.24) is 4.31 Å². The van der Waals surface area contributed by atoms with Crippen molar-refractivity contribution in [2.75, 3.05) is 26.3 Å². The summed E-state index contributed by atoms with van der Waals surface area (Å²) in [5.41, 5.74) is 0. The highest BCUT2D eigenvalue weighted by atomic mass is 32.2. The lowest BCUT2D eigenvalue weighted by Crippen LogP contribution is -2.40. The molecule has 0 amide bonds. The molecule has 1 aromatic rings. The average Bonchev–Trinajstić information content (AvgIpc) is 2.29. The maximum absolute atomic E-state index is 13.0. The molecular formula is C10H11F2NO3S. The standard InChI is InChI=1S/C10H11F2NO3S/c11-8-5-9(12)7-10(6-8)17(14,15)13-1-3-16-4-2-13/h5-7H,1-4H2. The van der Waals surface area contributed by atoms with Crippen molar-refractivity contribution < 1.29 is 21.9 Å². The molecule has 0 aromatic heterocycles. The SMILES string of the molecule is O=S(=O)(c1cc(F)cc(F)c1)N1CCOCC1. The quantitative estimate of drug-likeness (QED) is 0.799. The lowest BCUT2D eigenvalue weighted by atomic mass is 10.3. The summed E-state index contributed by atoms with van der Waals surface area (Å²) < 4.78 is 56.2. The molecule has 0 radical (unpaired) electrons. The van der Waals surface area contributed by atoms with E-state index >= 15 is 0 Å². The van der Waals surface area contributed by atoms with Crippen LogP contribution in [0.5, 0.6) is 0 Å². The molecule has 1 aromatic carbocycles. The molecule has 0 bridgehead atoms. The van der Waals surface area contributed by atoms with Crippen LogP contribution in [-0.2, 0) is 14.8 Å². The first kappa shape index (κ1) is 12.4. The Morgan fingerprint density at radius 2 is 1.59 bits per heavy atom. The molecule has 1 fully saturated rings. The fourth-order valence-electron chi connectivity index (χ4n) is 1.61. The maximum Gasteiger partial charge on any atom is 0.243 e. The lowest BCUT2D eigenvalue weighted by molar-refractivity contribution is 0.0730. The van der Waals surface area contributed by atoms with Crippen LogP contribution >= 0.6 is 0 Å². The van der Waals surface area contributed by atoms with Crippen LogP contribution in [0, 0.1) is 11.6 Å². The Morgan fingerprint density at radius 3 is 2.12 bits per heavy atom. The molecule has 0 aliphatic carbocycles. The minimum Gasteiger partial charge on any atom is -0.379 e. The van der Waals surface area contributed by atoms with Gasteiger partial charge < -0.3 is 4.74 Å². The van der Waals surface area contributed by atoms with E-state index < -0.39 is 21.7 Å². The molecule has 0 spiro atoms. The maximum atomic E-state index is 13.0. The van der Waals surface area contributed by atoms with E-state index in [1.165, 1.54) is 0 Å². The summed E-state index contributed by atoms with van der Waals surface area (Å²) in [5.74, 6) is -1.81. The summed E-state index contributed by atoms with van der Waals surface area (Å²) >= 11 is 0. The number of halogens is 2. The molecule has 0 N–H and O–H groups in total. The van der Waals surface area contributed by atoms with Crippen molar-refractivity contribution in [2.45, 2.75) is 4.90 Å². The van der Waals surface area contributed by atoms with E-state index in [-0.39, 0.29) is 31.2 Å². The third-order valence-electron chi connectivity index (χ3n) is 2.44. The summed E-state index contributed by atoms with van der Waals surface area (Å²) in [5, 5.41) is 0. The molecule has 17 heavy (non-hydrogen) atoms. The number of morpholine rings is 1. The van der Waals surface area contributed by atoms with Gasteiger partial charge in [0.05, 0.1) is 18.1 Å². The number of sulfonamides is 1. The third-order valence-corrected chi connectivity index (χ3v) is 4.32. The molecule has 1 aliphatic rings. The van der Waals surface area contributed by atoms with Gasteiger partial charge in [0, 0.05) is 19.2 Å². The Bertz CT molecular complexity index is 492. The highest BCUT2D eigenvalue weighted by Gasteiger charge is 2.27. The molecular weight excluding hydrogens is 252 g/mol. The van der Waals surface area contributed by atoms with E-state index in [1.54, 1.807) is 0 Å². The number of nitrogens with zero attached hydrogens (tertiary/aromatic N) is 1. The molecule has 2 rings (SSSR count). The highest BCUT2D eigenvalue weighted by Crippen LogP contribution is 2.19. The van der Waals surface area contributed by atoms with Crippen LogP contribution in [0.3, 0.4) is 0 Å². The van der Waals surface area contributed by atoms with Crippen molar-refractivity contribution in [3.05, 3.63) is 29.8 Å². The molecule has 7 heteroatoms. The van der Waals surface area contributed by atoms with Gasteiger partial charge in [-0.1, -0.05) is 0 Å². The van der Waals surface area contributed by atoms with E-state index in [9.17, 15) is 17.2 Å². The van der Waals surface area contributed by atoms with E-state index in [4.69, 9.17) is 4.74 Å². The largest absolute Gasteiger partial charge is 0.379 e. The summed E-state index contributed by atoms with van der Waals surface area (Å²) in [6.07, 6.45) is 0. The monoisotopic (exact) mass is 263 g/mol. The van der Waals surface area contributed by atoms with Crippen LogP contribution in [0.15, 0.2) is 23.1 Å². The van der Waals surface area contributed by atoms with Crippen molar-refractivity contribution in [3.8, 4) is 0 Å². The highest BCUT2D eigenvalue weighted by molar-refractivity contribution is 7.89. The van der Waals surface area contributed by atoms with Gasteiger partial charge in [-0.25, -0.2) is 17.2 Å². The minimum atomic E-state index is -3.83. The van der Waals surface area contributed by atoms with Crippen LogP contribution < -0.4 is 0 Å². The third kappa shape index (κ3) is 2.62. The van der Waals surface area contributed by atoms with Crippen LogP contribution in [0.2, 0.25) is 0 Å². The van der Waals surface area contributed by atoms with Gasteiger partial charge in [0.2, 0.25) is 10.0 Å². The summed E-state index contributed by atoms with van der Waals surface area (Å²) in [6.45, 7) is 0.967. The van der Waals surface area contributed by atoms with Gasteiger partial charge in [0.15, 0.2) is 0 Å². The van der Waals surface area contributed by atoms with E-state index in [2.05, 4.69) is 0 Å². The second-order valence-electron chi connectivity index (χ2n) is 3.62. The van der Waals surface area contributed by atoms with Gasteiger partial charge in [-0.3, -0.25) is 0 Å². The molecule has 0 atom stereocenters. The van der Waals surface area contributed by atoms with Crippen molar-refractivity contribution in [1.29, 1.82) is 0 Å². The molecule has 4 nitrogen and oxygen atoms in total. The Balaban J connectivity index is 2.36. The van der Waals surface area contributed by atoms with E-state index in [0.717, 1.165) is 16.4 Å². The normalized spacial score (nSPS) is 18.2. The minimum absolute atomic E-state index is 0.195. The Hall–Kier alpha value is -1.05. The van der Waals surface area contributed by atoms with Crippen molar-refractivity contribution in [3.63, 3.8) is 0 Å². The van der Waals surface area contributed by atoms with Crippen molar-refractivity contribution in [2.24, 2.45) is 0 Å². The van der Waals surface area contributed by atoms with Gasteiger partial charge >= 0.3 is 0 Å². The number of hydrogen-bond acceptors (Lipinski definition) is 3. The molecule has 0 saturated carbocycles. The average molecular weight is 263 g/mol. The fraction of sp³-hybridized carbons (Fsp3) is 0.400. The molecule has 1 saturated heterocycles. The molecule has 1 aliphatic heterocycles. The van der Waals surface area contributed by atoms with Crippen LogP contribution in [0.25, 0.3) is 0 Å². The summed E-state index contributed by atoms with van der Waals surface area (Å²) in [7, 11) is -3.83. The zero-order chi connectivity index (χ0) is 12.5. The number of hydrogen-bond donors (Lipinski definition) is 0. The lowest BCUT2D eigenvalue weighted by Gasteiger charge is -2.26. The zero-order valence-corrected chi connectivity index (χ0v) is 9.71. The molecule has 1 heterocycles. The van der Waals surface area contributed by atoms with Gasteiger partial charge in [0.1, 0.15) is 11.6 Å². The fourth-order valence-corrected chi connectivity index (χ4v) is 3.06. The Labute approximate surface area is 97.9 Å². The zero-order valence-electron chi connectivity index (χ0n) is 8.90. The van der Waals surface area contributed by atoms with Crippen LogP contribution in [-0.4, -0.2) is 39.0 Å². The Kier molecular flexibility index (Phi) is 3.41. The smallest absolute Gasteiger partial charge is 0.243 e. The number of rotatable bonds is 2. The second kappa shape index (κ2) is 4.67. The second-order valence-corrected chi connectivity index (χ2v) is 5.56. The predicted molar refractivity (Wildman–Crippen MR) is 55.9 cm³/mol. The molecule has 0 unspecified atom stereocenters. The van der Waals surface area contributed by atoms with Crippen LogP contribution in [0.1, 0.15) is 0 Å². The van der Waals surface area contributed by atoms with Crippen molar-refractivity contribution >= 4 is 10.0 Å². The topological polar surface area (TPSA) is 46.6 Å². The number of ether oxygens (including phenoxy) is 1. The van der Waals surface area contributed by atoms with E-state index in [0.29, 0.717) is 6.07 Å².